The van der Waals surface area contributed by atoms with E-state index in [2.05, 4.69) is 19.7 Å². The van der Waals surface area contributed by atoms with Gasteiger partial charge in [-0.2, -0.15) is 4.72 Å². The lowest BCUT2D eigenvalue weighted by molar-refractivity contribution is 0.0230. The molecule has 1 aromatic heterocycles. The standard InChI is InChI=1S/C13H21N5O2S/c1-17(18-7-2-3-8-18)10-16-21(19,20)12-9-15-13-11(12)5-4-6-14-13/h6,9,15-16H,2-5,7-8,10H2,1H3. The van der Waals surface area contributed by atoms with Gasteiger partial charge in [0.25, 0.3) is 0 Å². The minimum atomic E-state index is -3.51. The average Bonchev–Trinajstić information content (AvgIpc) is 3.14. The predicted octanol–water partition coefficient (Wildman–Crippen LogP) is 0.842. The van der Waals surface area contributed by atoms with E-state index in [0.29, 0.717) is 17.1 Å². The smallest absolute Gasteiger partial charge is 0.243 e. The Bertz CT molecular complexity index is 631. The molecule has 2 aliphatic heterocycles. The molecular formula is C13H21N5O2S. The second kappa shape index (κ2) is 5.88. The number of aromatic nitrogens is 1. The Morgan fingerprint density at radius 2 is 2.19 bits per heavy atom. The zero-order valence-corrected chi connectivity index (χ0v) is 13.0. The summed E-state index contributed by atoms with van der Waals surface area (Å²) in [6, 6.07) is 0. The molecule has 1 aromatic rings. The van der Waals surface area contributed by atoms with E-state index in [-0.39, 0.29) is 6.67 Å². The van der Waals surface area contributed by atoms with Crippen LogP contribution in [0.25, 0.3) is 0 Å². The fraction of sp³-hybridized carbons (Fsp3) is 0.615. The number of hydrazine groups is 1. The van der Waals surface area contributed by atoms with Crippen LogP contribution in [0.5, 0.6) is 0 Å². The summed E-state index contributed by atoms with van der Waals surface area (Å²) in [4.78, 5) is 7.45. The molecule has 2 aliphatic rings. The third kappa shape index (κ3) is 3.03. The SMILES string of the molecule is CN(CNS(=O)(=O)c1c[nH]c2c1CCC=N2)N1CCCC1. The first-order valence-corrected chi connectivity index (χ1v) is 8.75. The van der Waals surface area contributed by atoms with Crippen molar-refractivity contribution in [2.75, 3.05) is 26.8 Å². The van der Waals surface area contributed by atoms with E-state index in [9.17, 15) is 8.42 Å². The number of sulfonamides is 1. The molecule has 0 amide bonds. The highest BCUT2D eigenvalue weighted by molar-refractivity contribution is 7.89. The molecule has 1 fully saturated rings. The van der Waals surface area contributed by atoms with Crippen LogP contribution in [0.2, 0.25) is 0 Å². The highest BCUT2D eigenvalue weighted by atomic mass is 32.2. The van der Waals surface area contributed by atoms with Gasteiger partial charge in [0.15, 0.2) is 0 Å². The maximum atomic E-state index is 12.5. The average molecular weight is 311 g/mol. The molecule has 0 spiro atoms. The maximum Gasteiger partial charge on any atom is 0.243 e. The summed E-state index contributed by atoms with van der Waals surface area (Å²) in [6.45, 7) is 2.27. The van der Waals surface area contributed by atoms with Gasteiger partial charge < -0.3 is 4.98 Å². The van der Waals surface area contributed by atoms with Crippen molar-refractivity contribution in [1.29, 1.82) is 0 Å². The minimum absolute atomic E-state index is 0.283. The number of hydrogen-bond donors (Lipinski definition) is 2. The van der Waals surface area contributed by atoms with Crippen molar-refractivity contribution >= 4 is 22.1 Å². The number of rotatable bonds is 5. The lowest BCUT2D eigenvalue weighted by Gasteiger charge is -2.27. The number of H-pyrrole nitrogens is 1. The second-order valence-electron chi connectivity index (χ2n) is 5.45. The van der Waals surface area contributed by atoms with Crippen LogP contribution in [0.3, 0.4) is 0 Å². The molecule has 3 heterocycles. The van der Waals surface area contributed by atoms with Gasteiger partial charge in [-0.3, -0.25) is 0 Å². The first kappa shape index (κ1) is 14.7. The van der Waals surface area contributed by atoms with Crippen molar-refractivity contribution in [3.05, 3.63) is 11.8 Å². The summed E-state index contributed by atoms with van der Waals surface area (Å²) in [6.07, 6.45) is 7.16. The molecule has 0 aromatic carbocycles. The Kier molecular flexibility index (Phi) is 4.12. The van der Waals surface area contributed by atoms with Gasteiger partial charge in [-0.05, 0) is 25.7 Å². The number of aromatic amines is 1. The first-order valence-electron chi connectivity index (χ1n) is 7.26. The number of hydrogen-bond acceptors (Lipinski definition) is 5. The van der Waals surface area contributed by atoms with E-state index in [1.165, 1.54) is 19.0 Å². The second-order valence-corrected chi connectivity index (χ2v) is 7.19. The van der Waals surface area contributed by atoms with Crippen molar-refractivity contribution in [3.8, 4) is 0 Å². The Morgan fingerprint density at radius 1 is 1.43 bits per heavy atom. The first-order chi connectivity index (χ1) is 10.1. The molecule has 0 atom stereocenters. The topological polar surface area (TPSA) is 80.8 Å². The number of nitrogens with one attached hydrogen (secondary N) is 2. The van der Waals surface area contributed by atoms with Gasteiger partial charge in [0.1, 0.15) is 10.7 Å². The summed E-state index contributed by atoms with van der Waals surface area (Å²) in [5.41, 5.74) is 0.786. The van der Waals surface area contributed by atoms with E-state index in [4.69, 9.17) is 0 Å². The van der Waals surface area contributed by atoms with Crippen molar-refractivity contribution in [3.63, 3.8) is 0 Å². The Morgan fingerprint density at radius 3 is 2.95 bits per heavy atom. The molecule has 2 N–H and O–H groups in total. The molecular weight excluding hydrogens is 290 g/mol. The van der Waals surface area contributed by atoms with Crippen LogP contribution in [0.4, 0.5) is 5.82 Å². The monoisotopic (exact) mass is 311 g/mol. The fourth-order valence-electron chi connectivity index (χ4n) is 2.78. The van der Waals surface area contributed by atoms with E-state index >= 15 is 0 Å². The Labute approximate surface area is 125 Å². The minimum Gasteiger partial charge on any atom is -0.345 e. The molecule has 116 valence electrons. The lowest BCUT2D eigenvalue weighted by Crippen LogP contribution is -2.44. The van der Waals surface area contributed by atoms with Gasteiger partial charge in [0.05, 0.1) is 6.67 Å². The Balaban J connectivity index is 1.69. The molecule has 1 saturated heterocycles. The van der Waals surface area contributed by atoms with Gasteiger partial charge >= 0.3 is 0 Å². The highest BCUT2D eigenvalue weighted by Gasteiger charge is 2.25. The van der Waals surface area contributed by atoms with Gasteiger partial charge in [-0.1, -0.05) is 0 Å². The molecule has 0 bridgehead atoms. The zero-order valence-electron chi connectivity index (χ0n) is 12.2. The molecule has 0 unspecified atom stereocenters. The summed E-state index contributed by atoms with van der Waals surface area (Å²) in [7, 11) is -1.60. The van der Waals surface area contributed by atoms with Gasteiger partial charge in [0, 0.05) is 38.1 Å². The maximum absolute atomic E-state index is 12.5. The third-order valence-electron chi connectivity index (χ3n) is 4.01. The summed E-state index contributed by atoms with van der Waals surface area (Å²) in [5, 5.41) is 4.10. The number of aliphatic imine (C=N–C) groups is 1. The quantitative estimate of drug-likeness (QED) is 0.790. The molecule has 21 heavy (non-hydrogen) atoms. The van der Waals surface area contributed by atoms with Gasteiger partial charge in [-0.25, -0.2) is 23.4 Å². The van der Waals surface area contributed by atoms with Crippen LogP contribution in [0.15, 0.2) is 16.1 Å². The van der Waals surface area contributed by atoms with E-state index in [1.807, 2.05) is 18.3 Å². The fourth-order valence-corrected chi connectivity index (χ4v) is 4.03. The van der Waals surface area contributed by atoms with Crippen molar-refractivity contribution < 1.29 is 8.42 Å². The van der Waals surface area contributed by atoms with Crippen molar-refractivity contribution in [1.82, 2.24) is 19.7 Å². The van der Waals surface area contributed by atoms with Crippen LogP contribution >= 0.6 is 0 Å². The normalized spacial score (nSPS) is 19.3. The Hall–Kier alpha value is -1.22. The van der Waals surface area contributed by atoms with Gasteiger partial charge in [-0.15, -0.1) is 0 Å². The van der Waals surface area contributed by atoms with E-state index in [0.717, 1.165) is 25.1 Å². The van der Waals surface area contributed by atoms with E-state index in [1.54, 1.807) is 0 Å². The number of nitrogens with zero attached hydrogens (tertiary/aromatic N) is 3. The van der Waals surface area contributed by atoms with Crippen molar-refractivity contribution in [2.24, 2.45) is 4.99 Å². The number of fused-ring (bicyclic) bond motifs is 1. The van der Waals surface area contributed by atoms with Crippen LogP contribution in [0.1, 0.15) is 24.8 Å². The van der Waals surface area contributed by atoms with Crippen LogP contribution < -0.4 is 4.72 Å². The summed E-state index contributed by atoms with van der Waals surface area (Å²) < 4.78 is 27.6. The highest BCUT2D eigenvalue weighted by Crippen LogP contribution is 2.29. The molecule has 3 rings (SSSR count). The van der Waals surface area contributed by atoms with Crippen LogP contribution in [0, 0.1) is 0 Å². The summed E-state index contributed by atoms with van der Waals surface area (Å²) in [5.74, 6) is 0.662. The van der Waals surface area contributed by atoms with E-state index < -0.39 is 10.0 Å². The van der Waals surface area contributed by atoms with Gasteiger partial charge in [0.2, 0.25) is 10.0 Å². The molecule has 7 nitrogen and oxygen atoms in total. The predicted molar refractivity (Wildman–Crippen MR) is 81.0 cm³/mol. The molecule has 8 heteroatoms. The summed E-state index contributed by atoms with van der Waals surface area (Å²) >= 11 is 0. The largest absolute Gasteiger partial charge is 0.345 e. The van der Waals surface area contributed by atoms with Crippen molar-refractivity contribution in [2.45, 2.75) is 30.6 Å². The van der Waals surface area contributed by atoms with Crippen LogP contribution in [-0.4, -0.2) is 56.4 Å². The van der Waals surface area contributed by atoms with Crippen LogP contribution in [-0.2, 0) is 16.4 Å². The zero-order chi connectivity index (χ0) is 14.9. The molecule has 0 saturated carbocycles. The molecule has 0 aliphatic carbocycles. The third-order valence-corrected chi connectivity index (χ3v) is 5.46. The lowest BCUT2D eigenvalue weighted by atomic mass is 10.1. The molecule has 0 radical (unpaired) electrons.